The maximum absolute atomic E-state index is 8.74. The third-order valence-corrected chi connectivity index (χ3v) is 2.68. The molecule has 0 spiro atoms. The maximum Gasteiger partial charge on any atom is 0.196 e. The average Bonchev–Trinajstić information content (AvgIpc) is 2.75. The molecule has 0 unspecified atom stereocenters. The molecule has 2 N–H and O–H groups in total. The van der Waals surface area contributed by atoms with Gasteiger partial charge in [-0.1, -0.05) is 23.2 Å². The first-order valence-corrected chi connectivity index (χ1v) is 5.41. The van der Waals surface area contributed by atoms with Gasteiger partial charge in [-0.2, -0.15) is 5.26 Å². The number of hydrogen-bond donors (Lipinski definition) is 2. The molecular formula is C10H8Cl2N4. The number of nitriles is 1. The minimum atomic E-state index is 0.403. The molecule has 6 heteroatoms. The van der Waals surface area contributed by atoms with E-state index in [4.69, 9.17) is 28.5 Å². The van der Waals surface area contributed by atoms with Crippen molar-refractivity contribution in [1.82, 2.24) is 5.32 Å². The molecule has 0 atom stereocenters. The van der Waals surface area contributed by atoms with Gasteiger partial charge in [0, 0.05) is 6.54 Å². The highest BCUT2D eigenvalue weighted by Gasteiger charge is 2.12. The molecule has 1 aliphatic rings. The normalized spacial score (nSPS) is 13.9. The van der Waals surface area contributed by atoms with Gasteiger partial charge < -0.3 is 10.6 Å². The van der Waals surface area contributed by atoms with E-state index in [9.17, 15) is 0 Å². The molecule has 0 saturated carbocycles. The van der Waals surface area contributed by atoms with Crippen LogP contribution in [-0.4, -0.2) is 19.0 Å². The Kier molecular flexibility index (Phi) is 3.18. The van der Waals surface area contributed by atoms with Crippen LogP contribution in [0.1, 0.15) is 5.56 Å². The summed E-state index contributed by atoms with van der Waals surface area (Å²) < 4.78 is 0. The molecule has 0 aliphatic carbocycles. The minimum Gasteiger partial charge on any atom is -0.354 e. The van der Waals surface area contributed by atoms with Crippen LogP contribution in [0.3, 0.4) is 0 Å². The van der Waals surface area contributed by atoms with Gasteiger partial charge in [-0.05, 0) is 12.1 Å². The van der Waals surface area contributed by atoms with E-state index in [1.807, 2.05) is 6.07 Å². The molecule has 1 heterocycles. The molecule has 4 nitrogen and oxygen atoms in total. The zero-order valence-electron chi connectivity index (χ0n) is 8.22. The molecule has 0 bridgehead atoms. The predicted octanol–water partition coefficient (Wildman–Crippen LogP) is 2.24. The summed E-state index contributed by atoms with van der Waals surface area (Å²) in [7, 11) is 0. The van der Waals surface area contributed by atoms with E-state index in [1.165, 1.54) is 0 Å². The fourth-order valence-corrected chi connectivity index (χ4v) is 1.94. The summed E-state index contributed by atoms with van der Waals surface area (Å²) in [5.74, 6) is 0.647. The lowest BCUT2D eigenvalue weighted by Gasteiger charge is -2.10. The second-order valence-corrected chi connectivity index (χ2v) is 4.02. The summed E-state index contributed by atoms with van der Waals surface area (Å²) in [6.07, 6.45) is 0. The van der Waals surface area contributed by atoms with Crippen LogP contribution in [0.2, 0.25) is 10.0 Å². The van der Waals surface area contributed by atoms with Crippen molar-refractivity contribution < 1.29 is 0 Å². The third-order valence-electron chi connectivity index (χ3n) is 2.09. The molecule has 0 saturated heterocycles. The van der Waals surface area contributed by atoms with E-state index >= 15 is 0 Å². The molecule has 0 amide bonds. The van der Waals surface area contributed by atoms with Crippen LogP contribution in [0.15, 0.2) is 17.1 Å². The second-order valence-electron chi connectivity index (χ2n) is 3.21. The van der Waals surface area contributed by atoms with E-state index in [2.05, 4.69) is 15.6 Å². The van der Waals surface area contributed by atoms with Crippen molar-refractivity contribution in [2.75, 3.05) is 18.4 Å². The van der Waals surface area contributed by atoms with Gasteiger partial charge in [0.1, 0.15) is 0 Å². The Morgan fingerprint density at radius 2 is 2.06 bits per heavy atom. The van der Waals surface area contributed by atoms with Crippen LogP contribution in [0.25, 0.3) is 0 Å². The summed E-state index contributed by atoms with van der Waals surface area (Å²) >= 11 is 12.0. The number of aliphatic imine (C=N–C) groups is 1. The molecule has 0 fully saturated rings. The quantitative estimate of drug-likeness (QED) is 0.808. The van der Waals surface area contributed by atoms with Crippen molar-refractivity contribution in [3.8, 4) is 6.07 Å². The predicted molar refractivity (Wildman–Crippen MR) is 65.1 cm³/mol. The van der Waals surface area contributed by atoms with E-state index in [1.54, 1.807) is 12.1 Å². The number of benzene rings is 1. The van der Waals surface area contributed by atoms with Gasteiger partial charge in [0.25, 0.3) is 0 Å². The van der Waals surface area contributed by atoms with Gasteiger partial charge >= 0.3 is 0 Å². The maximum atomic E-state index is 8.74. The van der Waals surface area contributed by atoms with Crippen molar-refractivity contribution in [3.05, 3.63) is 27.7 Å². The molecule has 16 heavy (non-hydrogen) atoms. The first-order chi connectivity index (χ1) is 7.70. The van der Waals surface area contributed by atoms with Crippen LogP contribution in [0, 0.1) is 11.3 Å². The Balaban J connectivity index is 2.30. The van der Waals surface area contributed by atoms with E-state index < -0.39 is 0 Å². The highest BCUT2D eigenvalue weighted by Crippen LogP contribution is 2.31. The lowest BCUT2D eigenvalue weighted by atomic mass is 10.2. The van der Waals surface area contributed by atoms with Gasteiger partial charge in [0.2, 0.25) is 0 Å². The topological polar surface area (TPSA) is 60.2 Å². The van der Waals surface area contributed by atoms with Crippen molar-refractivity contribution in [2.45, 2.75) is 0 Å². The number of rotatable bonds is 1. The first-order valence-electron chi connectivity index (χ1n) is 4.65. The summed E-state index contributed by atoms with van der Waals surface area (Å²) in [5, 5.41) is 15.6. The number of nitrogens with zero attached hydrogens (tertiary/aromatic N) is 2. The van der Waals surface area contributed by atoms with Crippen LogP contribution in [-0.2, 0) is 0 Å². The van der Waals surface area contributed by atoms with Crippen LogP contribution >= 0.6 is 23.2 Å². The van der Waals surface area contributed by atoms with Crippen molar-refractivity contribution in [1.29, 1.82) is 5.26 Å². The molecular weight excluding hydrogens is 247 g/mol. The van der Waals surface area contributed by atoms with Gasteiger partial charge in [-0.15, -0.1) is 0 Å². The van der Waals surface area contributed by atoms with Crippen LogP contribution in [0.4, 0.5) is 5.69 Å². The molecule has 0 radical (unpaired) electrons. The largest absolute Gasteiger partial charge is 0.354 e. The fraction of sp³-hybridized carbons (Fsp3) is 0.200. The monoisotopic (exact) mass is 254 g/mol. The summed E-state index contributed by atoms with van der Waals surface area (Å²) in [6.45, 7) is 1.53. The van der Waals surface area contributed by atoms with Crippen molar-refractivity contribution >= 4 is 34.8 Å². The summed E-state index contributed by atoms with van der Waals surface area (Å²) in [5.41, 5.74) is 0.998. The van der Waals surface area contributed by atoms with Gasteiger partial charge in [0.15, 0.2) is 5.96 Å². The standard InChI is InChI=1S/C10H8Cl2N4/c11-7-3-6(5-13)4-8(12)9(7)16-10-14-1-2-15-10/h3-4H,1-2H2,(H2,14,15,16). The van der Waals surface area contributed by atoms with E-state index in [0.717, 1.165) is 13.1 Å². The Hall–Kier alpha value is -1.44. The molecule has 0 aromatic heterocycles. The Morgan fingerprint density at radius 3 is 2.56 bits per heavy atom. The number of nitrogens with one attached hydrogen (secondary N) is 2. The molecule has 1 aromatic rings. The smallest absolute Gasteiger partial charge is 0.196 e. The molecule has 82 valence electrons. The zero-order chi connectivity index (χ0) is 11.5. The lowest BCUT2D eigenvalue weighted by Crippen LogP contribution is -2.26. The van der Waals surface area contributed by atoms with E-state index in [0.29, 0.717) is 27.3 Å². The van der Waals surface area contributed by atoms with Crippen molar-refractivity contribution in [3.63, 3.8) is 0 Å². The number of hydrogen-bond acceptors (Lipinski definition) is 4. The third kappa shape index (κ3) is 2.21. The Labute approximate surface area is 103 Å². The molecule has 1 aliphatic heterocycles. The fourth-order valence-electron chi connectivity index (χ4n) is 1.36. The van der Waals surface area contributed by atoms with Crippen molar-refractivity contribution in [2.24, 2.45) is 4.99 Å². The molecule has 1 aromatic carbocycles. The van der Waals surface area contributed by atoms with Gasteiger partial charge in [-0.3, -0.25) is 4.99 Å². The van der Waals surface area contributed by atoms with Gasteiger partial charge in [0.05, 0.1) is 33.9 Å². The van der Waals surface area contributed by atoms with E-state index in [-0.39, 0.29) is 0 Å². The number of halogens is 2. The zero-order valence-corrected chi connectivity index (χ0v) is 9.73. The number of anilines is 1. The summed E-state index contributed by atoms with van der Waals surface area (Å²) in [6, 6.07) is 5.11. The Morgan fingerprint density at radius 1 is 1.38 bits per heavy atom. The first kappa shape index (κ1) is 11.1. The minimum absolute atomic E-state index is 0.403. The highest BCUT2D eigenvalue weighted by molar-refractivity contribution is 6.40. The average molecular weight is 255 g/mol. The Bertz CT molecular complexity index is 467. The second kappa shape index (κ2) is 4.60. The summed E-state index contributed by atoms with van der Waals surface area (Å²) in [4.78, 5) is 4.17. The SMILES string of the molecule is N#Cc1cc(Cl)c(NC2=NCCN2)c(Cl)c1. The highest BCUT2D eigenvalue weighted by atomic mass is 35.5. The van der Waals surface area contributed by atoms with Crippen LogP contribution < -0.4 is 10.6 Å². The molecule has 2 rings (SSSR count). The number of guanidine groups is 1. The van der Waals surface area contributed by atoms with Gasteiger partial charge in [-0.25, -0.2) is 0 Å². The lowest BCUT2D eigenvalue weighted by molar-refractivity contribution is 0.959. The van der Waals surface area contributed by atoms with Crippen LogP contribution in [0.5, 0.6) is 0 Å².